The van der Waals surface area contributed by atoms with E-state index in [2.05, 4.69) is 0 Å². The number of rotatable bonds is 1. The Bertz CT molecular complexity index is 647. The zero-order valence-corrected chi connectivity index (χ0v) is 15.3. The van der Waals surface area contributed by atoms with E-state index in [1.807, 2.05) is 0 Å². The van der Waals surface area contributed by atoms with Gasteiger partial charge in [0.15, 0.2) is 0 Å². The third-order valence-corrected chi connectivity index (χ3v) is 7.37. The molecule has 1 spiro atoms. The molecule has 4 fully saturated rings. The van der Waals surface area contributed by atoms with Crippen molar-refractivity contribution in [2.75, 3.05) is 0 Å². The van der Waals surface area contributed by atoms with Crippen LogP contribution in [0.4, 0.5) is 0 Å². The summed E-state index contributed by atoms with van der Waals surface area (Å²) in [5.74, 6) is -2.61. The van der Waals surface area contributed by atoms with Crippen molar-refractivity contribution in [2.45, 2.75) is 74.6 Å². The summed E-state index contributed by atoms with van der Waals surface area (Å²) in [5, 5.41) is 21.6. The van der Waals surface area contributed by atoms with E-state index in [4.69, 9.17) is 25.8 Å². The maximum Gasteiger partial charge on any atom is 0.309 e. The summed E-state index contributed by atoms with van der Waals surface area (Å²) >= 11 is 6.42. The van der Waals surface area contributed by atoms with Crippen molar-refractivity contribution in [1.82, 2.24) is 0 Å². The van der Waals surface area contributed by atoms with E-state index in [1.54, 1.807) is 20.8 Å². The SMILES string of the molecule is CC(=O)OC1CC(C)(O)C23OC2C(Cl)C(C)(O)C3C2OC(=O)C(C)C12. The van der Waals surface area contributed by atoms with E-state index >= 15 is 0 Å². The molecule has 0 aromatic carbocycles. The molecule has 0 radical (unpaired) electrons. The lowest BCUT2D eigenvalue weighted by molar-refractivity contribution is -0.161. The summed E-state index contributed by atoms with van der Waals surface area (Å²) in [6.45, 7) is 6.19. The molecule has 25 heavy (non-hydrogen) atoms. The Morgan fingerprint density at radius 2 is 2.00 bits per heavy atom. The number of esters is 2. The Morgan fingerprint density at radius 1 is 1.36 bits per heavy atom. The Kier molecular flexibility index (Phi) is 3.42. The first-order valence-electron chi connectivity index (χ1n) is 8.59. The van der Waals surface area contributed by atoms with Gasteiger partial charge in [-0.05, 0) is 13.8 Å². The fraction of sp³-hybridized carbons (Fsp3) is 0.882. The zero-order chi connectivity index (χ0) is 18.5. The van der Waals surface area contributed by atoms with Crippen LogP contribution < -0.4 is 0 Å². The predicted octanol–water partition coefficient (Wildman–Crippen LogP) is 0.376. The molecular weight excluding hydrogens is 352 g/mol. The van der Waals surface area contributed by atoms with Gasteiger partial charge in [-0.15, -0.1) is 11.6 Å². The average Bonchev–Trinajstić information content (AvgIpc) is 3.10. The number of carbonyl (C=O) groups excluding carboxylic acids is 2. The van der Waals surface area contributed by atoms with Crippen molar-refractivity contribution in [3.05, 3.63) is 0 Å². The van der Waals surface area contributed by atoms with Crippen LogP contribution in [0, 0.1) is 17.8 Å². The lowest BCUT2D eigenvalue weighted by Crippen LogP contribution is -2.56. The second kappa shape index (κ2) is 4.88. The summed E-state index contributed by atoms with van der Waals surface area (Å²) in [5.41, 5.74) is -3.91. The molecule has 2 N–H and O–H groups in total. The van der Waals surface area contributed by atoms with Gasteiger partial charge >= 0.3 is 11.9 Å². The molecule has 0 aromatic rings. The van der Waals surface area contributed by atoms with Crippen molar-refractivity contribution in [3.63, 3.8) is 0 Å². The minimum Gasteiger partial charge on any atom is -0.462 e. The largest absolute Gasteiger partial charge is 0.462 e. The second-order valence-corrected chi connectivity index (χ2v) is 8.80. The molecule has 8 heteroatoms. The van der Waals surface area contributed by atoms with Crippen LogP contribution in [0.2, 0.25) is 0 Å². The molecule has 2 aliphatic heterocycles. The average molecular weight is 375 g/mol. The fourth-order valence-corrected chi connectivity index (χ4v) is 5.94. The van der Waals surface area contributed by atoms with E-state index < -0.39 is 70.2 Å². The lowest BCUT2D eigenvalue weighted by Gasteiger charge is -2.40. The Morgan fingerprint density at radius 3 is 2.60 bits per heavy atom. The van der Waals surface area contributed by atoms with Gasteiger partial charge < -0.3 is 24.4 Å². The quantitative estimate of drug-likeness (QED) is 0.388. The second-order valence-electron chi connectivity index (χ2n) is 8.33. The number of ether oxygens (including phenoxy) is 3. The molecule has 10 atom stereocenters. The topological polar surface area (TPSA) is 106 Å². The van der Waals surface area contributed by atoms with Crippen molar-refractivity contribution >= 4 is 23.5 Å². The van der Waals surface area contributed by atoms with Gasteiger partial charge in [-0.3, -0.25) is 9.59 Å². The fourth-order valence-electron chi connectivity index (χ4n) is 5.57. The summed E-state index contributed by atoms with van der Waals surface area (Å²) in [4.78, 5) is 23.9. The van der Waals surface area contributed by atoms with Crippen molar-refractivity contribution in [1.29, 1.82) is 0 Å². The highest BCUT2D eigenvalue weighted by Crippen LogP contribution is 2.69. The van der Waals surface area contributed by atoms with Crippen LogP contribution >= 0.6 is 11.6 Å². The molecule has 7 nitrogen and oxygen atoms in total. The van der Waals surface area contributed by atoms with Gasteiger partial charge in [-0.2, -0.15) is 0 Å². The number of hydrogen-bond acceptors (Lipinski definition) is 7. The Balaban J connectivity index is 1.85. The maximum absolute atomic E-state index is 12.3. The van der Waals surface area contributed by atoms with Crippen LogP contribution in [-0.4, -0.2) is 62.6 Å². The van der Waals surface area contributed by atoms with Crippen LogP contribution in [0.3, 0.4) is 0 Å². The third kappa shape index (κ3) is 1.98. The highest BCUT2D eigenvalue weighted by molar-refractivity contribution is 6.22. The first-order valence-corrected chi connectivity index (χ1v) is 9.03. The molecule has 0 amide bonds. The minimum absolute atomic E-state index is 0.0847. The van der Waals surface area contributed by atoms with Gasteiger partial charge in [0.05, 0.1) is 28.4 Å². The number of halogens is 1. The van der Waals surface area contributed by atoms with Crippen molar-refractivity contribution in [3.8, 4) is 0 Å². The summed E-state index contributed by atoms with van der Waals surface area (Å²) < 4.78 is 16.9. The number of hydrogen-bond donors (Lipinski definition) is 2. The highest BCUT2D eigenvalue weighted by atomic mass is 35.5. The molecule has 0 aromatic heterocycles. The first kappa shape index (κ1) is 17.5. The molecule has 2 heterocycles. The standard InChI is InChI=1S/C17H23ClO7/c1-6-9-8(23-7(2)19)5-15(3,21)17-11(10(9)24-14(6)20)16(4,22)12(18)13(17)25-17/h6,8-13,21-22H,5H2,1-4H3. The Labute approximate surface area is 150 Å². The molecule has 4 rings (SSSR count). The van der Waals surface area contributed by atoms with Gasteiger partial charge in [-0.25, -0.2) is 0 Å². The third-order valence-electron chi connectivity index (χ3n) is 6.70. The number of fused-ring (bicyclic) bond motifs is 2. The minimum atomic E-state index is -1.40. The Hall–Kier alpha value is -0.890. The molecule has 140 valence electrons. The normalized spacial score (nSPS) is 59.3. The molecule has 2 aliphatic carbocycles. The van der Waals surface area contributed by atoms with Gasteiger partial charge in [-0.1, -0.05) is 6.92 Å². The molecule has 10 unspecified atom stereocenters. The van der Waals surface area contributed by atoms with E-state index in [-0.39, 0.29) is 6.42 Å². The number of aliphatic hydroxyl groups is 2. The molecule has 0 bridgehead atoms. The zero-order valence-electron chi connectivity index (χ0n) is 14.6. The lowest BCUT2D eigenvalue weighted by atomic mass is 9.72. The van der Waals surface area contributed by atoms with Crippen LogP contribution in [0.1, 0.15) is 34.1 Å². The number of carbonyl (C=O) groups is 2. The summed E-state index contributed by atoms with van der Waals surface area (Å²) in [6.07, 6.45) is -1.92. The van der Waals surface area contributed by atoms with Gasteiger partial charge in [0.1, 0.15) is 23.9 Å². The maximum atomic E-state index is 12.3. The number of alkyl halides is 1. The van der Waals surface area contributed by atoms with Gasteiger partial charge in [0.25, 0.3) is 0 Å². The van der Waals surface area contributed by atoms with Crippen molar-refractivity contribution < 1.29 is 34.0 Å². The van der Waals surface area contributed by atoms with E-state index in [1.165, 1.54) is 6.92 Å². The first-order chi connectivity index (χ1) is 11.4. The van der Waals surface area contributed by atoms with E-state index in [0.29, 0.717) is 0 Å². The van der Waals surface area contributed by atoms with Gasteiger partial charge in [0, 0.05) is 19.3 Å². The van der Waals surface area contributed by atoms with E-state index in [9.17, 15) is 19.8 Å². The van der Waals surface area contributed by atoms with Gasteiger partial charge in [0.2, 0.25) is 0 Å². The summed E-state index contributed by atoms with van der Waals surface area (Å²) in [6, 6.07) is 0. The van der Waals surface area contributed by atoms with Crippen LogP contribution in [0.25, 0.3) is 0 Å². The molecule has 4 aliphatic rings. The monoisotopic (exact) mass is 374 g/mol. The van der Waals surface area contributed by atoms with E-state index in [0.717, 1.165) is 0 Å². The van der Waals surface area contributed by atoms with Crippen LogP contribution in [0.5, 0.6) is 0 Å². The smallest absolute Gasteiger partial charge is 0.309 e. The van der Waals surface area contributed by atoms with Crippen LogP contribution in [0.15, 0.2) is 0 Å². The predicted molar refractivity (Wildman–Crippen MR) is 84.7 cm³/mol. The summed E-state index contributed by atoms with van der Waals surface area (Å²) in [7, 11) is 0. The molecule has 2 saturated carbocycles. The highest BCUT2D eigenvalue weighted by Gasteiger charge is 2.86. The molecular formula is C17H23ClO7. The number of epoxide rings is 1. The van der Waals surface area contributed by atoms with Crippen molar-refractivity contribution in [2.24, 2.45) is 17.8 Å². The molecule has 2 saturated heterocycles. The van der Waals surface area contributed by atoms with Crippen LogP contribution in [-0.2, 0) is 23.8 Å².